The summed E-state index contributed by atoms with van der Waals surface area (Å²) in [5.41, 5.74) is 2.56. The zero-order valence-corrected chi connectivity index (χ0v) is 17.3. The fraction of sp³-hybridized carbons (Fsp3) is 0.652. The zero-order valence-electron chi connectivity index (χ0n) is 17.3. The van der Waals surface area contributed by atoms with Crippen molar-refractivity contribution in [1.29, 1.82) is 0 Å². The van der Waals surface area contributed by atoms with Crippen molar-refractivity contribution in [2.75, 3.05) is 39.8 Å². The number of hydrogen-bond acceptors (Lipinski definition) is 4. The number of likely N-dealkylation sites (tertiary alicyclic amines) is 1. The lowest BCUT2D eigenvalue weighted by Gasteiger charge is -2.47. The average molecular weight is 398 g/mol. The number of carbonyl (C=O) groups is 2. The van der Waals surface area contributed by atoms with E-state index < -0.39 is 0 Å². The Kier molecular flexibility index (Phi) is 4.98. The van der Waals surface area contributed by atoms with E-state index in [4.69, 9.17) is 4.74 Å². The Labute approximate surface area is 172 Å². The first-order chi connectivity index (χ1) is 14.1. The van der Waals surface area contributed by atoms with Crippen molar-refractivity contribution in [3.8, 4) is 0 Å². The van der Waals surface area contributed by atoms with Gasteiger partial charge in [0, 0.05) is 39.0 Å². The third-order valence-electron chi connectivity index (χ3n) is 7.52. The molecule has 156 valence electrons. The number of rotatable bonds is 2. The van der Waals surface area contributed by atoms with Crippen LogP contribution in [0.1, 0.15) is 42.9 Å². The molecule has 2 bridgehead atoms. The van der Waals surface area contributed by atoms with Gasteiger partial charge in [-0.3, -0.25) is 9.69 Å². The highest BCUT2D eigenvalue weighted by Crippen LogP contribution is 2.40. The second-order valence-electron chi connectivity index (χ2n) is 9.22. The van der Waals surface area contributed by atoms with E-state index in [1.807, 2.05) is 16.8 Å². The van der Waals surface area contributed by atoms with E-state index in [0.717, 1.165) is 45.3 Å². The Balaban J connectivity index is 1.38. The van der Waals surface area contributed by atoms with Crippen LogP contribution in [0.2, 0.25) is 0 Å². The van der Waals surface area contributed by atoms with Crippen molar-refractivity contribution >= 4 is 12.0 Å². The lowest BCUT2D eigenvalue weighted by atomic mass is 9.81. The van der Waals surface area contributed by atoms with Crippen molar-refractivity contribution in [2.45, 2.75) is 44.2 Å². The predicted octanol–water partition coefficient (Wildman–Crippen LogP) is 2.69. The van der Waals surface area contributed by atoms with Crippen molar-refractivity contribution < 1.29 is 14.3 Å². The van der Waals surface area contributed by atoms with Gasteiger partial charge in [-0.05, 0) is 55.8 Å². The first-order valence-electron chi connectivity index (χ1n) is 11.1. The molecule has 0 saturated carbocycles. The van der Waals surface area contributed by atoms with E-state index in [0.29, 0.717) is 25.4 Å². The second kappa shape index (κ2) is 7.63. The maximum atomic E-state index is 13.4. The number of hydrogen-bond donors (Lipinski definition) is 0. The van der Waals surface area contributed by atoms with Crippen molar-refractivity contribution in [2.24, 2.45) is 11.8 Å². The Hall–Kier alpha value is -2.08. The summed E-state index contributed by atoms with van der Waals surface area (Å²) in [6.45, 7) is 4.55. The molecule has 4 fully saturated rings. The van der Waals surface area contributed by atoms with Crippen LogP contribution in [-0.4, -0.2) is 72.6 Å². The standard InChI is InChI=1S/C23H31N3O3/c1-24-14-18(6-7-21(24)27)22-19-5-3-2-4-16(19)10-13-26(22)23(28)29-20-15-25-11-8-17(20)9-12-25/h2-5,17-18,20,22H,6-15H2,1H3/t18?,20-,22-/m1/s1. The molecule has 4 saturated heterocycles. The second-order valence-corrected chi connectivity index (χ2v) is 9.22. The number of amides is 2. The SMILES string of the molecule is CN1CC([C@@H]2c3ccccc3CCN2C(=O)O[C@@H]2CN3CCC2CC3)CCC1=O. The Morgan fingerprint density at radius 1 is 1.00 bits per heavy atom. The van der Waals surface area contributed by atoms with Gasteiger partial charge in [0.05, 0.1) is 6.04 Å². The molecule has 1 aromatic rings. The number of ether oxygens (including phenoxy) is 1. The zero-order chi connectivity index (χ0) is 20.0. The van der Waals surface area contributed by atoms with Crippen molar-refractivity contribution in [3.05, 3.63) is 35.4 Å². The van der Waals surface area contributed by atoms with Gasteiger partial charge in [0.1, 0.15) is 6.10 Å². The van der Waals surface area contributed by atoms with Gasteiger partial charge in [0.25, 0.3) is 0 Å². The highest BCUT2D eigenvalue weighted by molar-refractivity contribution is 5.76. The van der Waals surface area contributed by atoms with Gasteiger partial charge in [0.15, 0.2) is 0 Å². The highest BCUT2D eigenvalue weighted by Gasteiger charge is 2.42. The molecule has 5 aliphatic rings. The Morgan fingerprint density at radius 3 is 2.52 bits per heavy atom. The van der Waals surface area contributed by atoms with Crippen LogP contribution in [0.15, 0.2) is 24.3 Å². The summed E-state index contributed by atoms with van der Waals surface area (Å²) in [5, 5.41) is 0. The first kappa shape index (κ1) is 18.9. The molecule has 6 nitrogen and oxygen atoms in total. The highest BCUT2D eigenvalue weighted by atomic mass is 16.6. The van der Waals surface area contributed by atoms with E-state index in [1.165, 1.54) is 11.1 Å². The average Bonchev–Trinajstić information content (AvgIpc) is 2.76. The molecule has 0 radical (unpaired) electrons. The summed E-state index contributed by atoms with van der Waals surface area (Å²) < 4.78 is 6.11. The van der Waals surface area contributed by atoms with Crippen LogP contribution in [0.5, 0.6) is 0 Å². The smallest absolute Gasteiger partial charge is 0.410 e. The quantitative estimate of drug-likeness (QED) is 0.770. The Morgan fingerprint density at radius 2 is 1.79 bits per heavy atom. The van der Waals surface area contributed by atoms with E-state index >= 15 is 0 Å². The topological polar surface area (TPSA) is 53.1 Å². The minimum atomic E-state index is -0.164. The third kappa shape index (κ3) is 3.52. The fourth-order valence-electron chi connectivity index (χ4n) is 5.86. The van der Waals surface area contributed by atoms with Gasteiger partial charge in [-0.2, -0.15) is 0 Å². The number of fused-ring (bicyclic) bond motifs is 4. The molecular formula is C23H31N3O3. The van der Waals surface area contributed by atoms with Crippen LogP contribution in [0.3, 0.4) is 0 Å². The van der Waals surface area contributed by atoms with E-state index in [2.05, 4.69) is 29.2 Å². The van der Waals surface area contributed by atoms with Crippen LogP contribution in [0, 0.1) is 11.8 Å². The van der Waals surface area contributed by atoms with Crippen LogP contribution in [0.4, 0.5) is 4.79 Å². The third-order valence-corrected chi connectivity index (χ3v) is 7.52. The Bertz CT molecular complexity index is 789. The lowest BCUT2D eigenvalue weighted by Crippen LogP contribution is -2.54. The summed E-state index contributed by atoms with van der Waals surface area (Å²) in [6, 6.07) is 8.46. The van der Waals surface area contributed by atoms with Gasteiger partial charge in [-0.1, -0.05) is 24.3 Å². The maximum absolute atomic E-state index is 13.4. The molecule has 0 N–H and O–H groups in total. The minimum Gasteiger partial charge on any atom is -0.444 e. The largest absolute Gasteiger partial charge is 0.444 e. The first-order valence-corrected chi connectivity index (χ1v) is 11.1. The molecule has 6 rings (SSSR count). The lowest BCUT2D eigenvalue weighted by molar-refractivity contribution is -0.134. The molecule has 1 aromatic carbocycles. The molecular weight excluding hydrogens is 366 g/mol. The summed E-state index contributed by atoms with van der Waals surface area (Å²) in [7, 11) is 1.87. The van der Waals surface area contributed by atoms with Crippen LogP contribution >= 0.6 is 0 Å². The molecule has 5 aliphatic heterocycles. The van der Waals surface area contributed by atoms with Crippen molar-refractivity contribution in [3.63, 3.8) is 0 Å². The van der Waals surface area contributed by atoms with Gasteiger partial charge in [-0.25, -0.2) is 4.79 Å². The van der Waals surface area contributed by atoms with Crippen LogP contribution < -0.4 is 0 Å². The minimum absolute atomic E-state index is 0.0101. The molecule has 0 aromatic heterocycles. The van der Waals surface area contributed by atoms with Gasteiger partial charge >= 0.3 is 6.09 Å². The molecule has 0 spiro atoms. The molecule has 1 unspecified atom stereocenters. The van der Waals surface area contributed by atoms with Gasteiger partial charge < -0.3 is 14.5 Å². The van der Waals surface area contributed by atoms with E-state index in [9.17, 15) is 9.59 Å². The fourth-order valence-corrected chi connectivity index (χ4v) is 5.86. The number of carbonyl (C=O) groups excluding carboxylic acids is 2. The monoisotopic (exact) mass is 397 g/mol. The predicted molar refractivity (Wildman–Crippen MR) is 109 cm³/mol. The summed E-state index contributed by atoms with van der Waals surface area (Å²) in [5.74, 6) is 0.961. The molecule has 3 atom stereocenters. The molecule has 2 amide bonds. The van der Waals surface area contributed by atoms with E-state index in [1.54, 1.807) is 0 Å². The molecule has 5 heterocycles. The maximum Gasteiger partial charge on any atom is 0.410 e. The van der Waals surface area contributed by atoms with E-state index in [-0.39, 0.29) is 30.1 Å². The van der Waals surface area contributed by atoms with Crippen LogP contribution in [0.25, 0.3) is 0 Å². The van der Waals surface area contributed by atoms with Crippen molar-refractivity contribution in [1.82, 2.24) is 14.7 Å². The summed E-state index contributed by atoms with van der Waals surface area (Å²) >= 11 is 0. The normalized spacial score (nSPS) is 34.1. The summed E-state index contributed by atoms with van der Waals surface area (Å²) in [6.07, 6.45) is 4.39. The molecule has 29 heavy (non-hydrogen) atoms. The number of nitrogens with zero attached hydrogens (tertiary/aromatic N) is 3. The molecule has 0 aliphatic carbocycles. The number of piperidine rings is 4. The molecule has 6 heteroatoms. The van der Waals surface area contributed by atoms with Gasteiger partial charge in [0.2, 0.25) is 5.91 Å². The van der Waals surface area contributed by atoms with Crippen LogP contribution in [-0.2, 0) is 16.0 Å². The summed E-state index contributed by atoms with van der Waals surface area (Å²) in [4.78, 5) is 31.6. The number of benzene rings is 1. The van der Waals surface area contributed by atoms with Gasteiger partial charge in [-0.15, -0.1) is 0 Å².